The number of likely N-dealkylation sites (tertiary alicyclic amines) is 1. The summed E-state index contributed by atoms with van der Waals surface area (Å²) in [6, 6.07) is 4.24. The zero-order valence-corrected chi connectivity index (χ0v) is 13.1. The van der Waals surface area contributed by atoms with Crippen molar-refractivity contribution in [2.24, 2.45) is 0 Å². The van der Waals surface area contributed by atoms with Crippen molar-refractivity contribution in [2.75, 3.05) is 39.3 Å². The predicted molar refractivity (Wildman–Crippen MR) is 83.3 cm³/mol. The largest absolute Gasteiger partial charge is 0.508 e. The van der Waals surface area contributed by atoms with Crippen molar-refractivity contribution in [3.8, 4) is 11.5 Å². The number of amides is 2. The molecule has 7 nitrogen and oxygen atoms in total. The fraction of sp³-hybridized carbons (Fsp3) is 0.500. The Balaban J connectivity index is 1.53. The Kier molecular flexibility index (Phi) is 4.12. The molecule has 124 valence electrons. The molecule has 3 rings (SSSR count). The van der Waals surface area contributed by atoms with Crippen LogP contribution in [0.2, 0.25) is 0 Å². The maximum Gasteiger partial charge on any atom is 0.254 e. The van der Waals surface area contributed by atoms with Crippen molar-refractivity contribution in [3.63, 3.8) is 0 Å². The molecule has 0 saturated carbocycles. The van der Waals surface area contributed by atoms with Crippen LogP contribution >= 0.6 is 0 Å². The van der Waals surface area contributed by atoms with E-state index >= 15 is 0 Å². The molecule has 2 saturated heterocycles. The summed E-state index contributed by atoms with van der Waals surface area (Å²) in [7, 11) is 0. The molecular weight excluding hydrogens is 298 g/mol. The third kappa shape index (κ3) is 3.24. The molecule has 0 aliphatic carbocycles. The van der Waals surface area contributed by atoms with Crippen LogP contribution in [-0.2, 0) is 4.79 Å². The molecule has 2 fully saturated rings. The summed E-state index contributed by atoms with van der Waals surface area (Å²) < 4.78 is 0. The Hall–Kier alpha value is -2.28. The monoisotopic (exact) mass is 319 g/mol. The SMILES string of the molecule is CC(=O)N1CCN(C2CN(C(=O)c3cc(O)cc(O)c3)C2)CC1. The fourth-order valence-corrected chi connectivity index (χ4v) is 3.16. The summed E-state index contributed by atoms with van der Waals surface area (Å²) >= 11 is 0. The van der Waals surface area contributed by atoms with Gasteiger partial charge in [0.25, 0.3) is 5.91 Å². The van der Waals surface area contributed by atoms with Gasteiger partial charge < -0.3 is 20.0 Å². The third-order valence-electron chi connectivity index (χ3n) is 4.57. The number of hydrogen-bond acceptors (Lipinski definition) is 5. The molecule has 2 amide bonds. The van der Waals surface area contributed by atoms with Crippen LogP contribution in [0.5, 0.6) is 11.5 Å². The number of carbonyl (C=O) groups excluding carboxylic acids is 2. The highest BCUT2D eigenvalue weighted by Gasteiger charge is 2.36. The number of benzene rings is 1. The Morgan fingerprint density at radius 1 is 0.957 bits per heavy atom. The van der Waals surface area contributed by atoms with Gasteiger partial charge in [-0.25, -0.2) is 0 Å². The first kappa shape index (κ1) is 15.6. The van der Waals surface area contributed by atoms with Gasteiger partial charge in [0.05, 0.1) is 0 Å². The second-order valence-electron chi connectivity index (χ2n) is 6.14. The zero-order valence-electron chi connectivity index (χ0n) is 13.1. The van der Waals surface area contributed by atoms with Crippen LogP contribution in [0.15, 0.2) is 18.2 Å². The molecule has 1 aromatic carbocycles. The Morgan fingerprint density at radius 2 is 1.52 bits per heavy atom. The summed E-state index contributed by atoms with van der Waals surface area (Å²) in [5, 5.41) is 18.9. The highest BCUT2D eigenvalue weighted by atomic mass is 16.3. The average Bonchev–Trinajstić information content (AvgIpc) is 2.45. The van der Waals surface area contributed by atoms with E-state index in [1.54, 1.807) is 11.8 Å². The van der Waals surface area contributed by atoms with Crippen molar-refractivity contribution in [2.45, 2.75) is 13.0 Å². The highest BCUT2D eigenvalue weighted by Crippen LogP contribution is 2.24. The lowest BCUT2D eigenvalue weighted by Gasteiger charge is -2.48. The molecule has 2 aliphatic heterocycles. The minimum atomic E-state index is -0.185. The molecule has 0 spiro atoms. The number of aromatic hydroxyl groups is 2. The molecule has 0 aromatic heterocycles. The number of phenols is 2. The first-order chi connectivity index (χ1) is 10.9. The molecule has 7 heteroatoms. The van der Waals surface area contributed by atoms with Gasteiger partial charge in [-0.05, 0) is 12.1 Å². The van der Waals surface area contributed by atoms with Crippen molar-refractivity contribution >= 4 is 11.8 Å². The molecule has 0 radical (unpaired) electrons. The molecule has 0 bridgehead atoms. The Labute approximate surface area is 134 Å². The highest BCUT2D eigenvalue weighted by molar-refractivity contribution is 5.95. The molecule has 2 heterocycles. The minimum Gasteiger partial charge on any atom is -0.508 e. The van der Waals surface area contributed by atoms with Gasteiger partial charge in [0.15, 0.2) is 0 Å². The van der Waals surface area contributed by atoms with Crippen LogP contribution in [0.1, 0.15) is 17.3 Å². The lowest BCUT2D eigenvalue weighted by Crippen LogP contribution is -2.64. The zero-order chi connectivity index (χ0) is 16.6. The second-order valence-corrected chi connectivity index (χ2v) is 6.14. The lowest BCUT2D eigenvalue weighted by atomic mass is 10.0. The average molecular weight is 319 g/mol. The minimum absolute atomic E-state index is 0.110. The molecule has 2 aliphatic rings. The van der Waals surface area contributed by atoms with Gasteiger partial charge in [0.1, 0.15) is 11.5 Å². The van der Waals surface area contributed by atoms with Crippen molar-refractivity contribution in [1.29, 1.82) is 0 Å². The van der Waals surface area contributed by atoms with Crippen LogP contribution in [0.25, 0.3) is 0 Å². The number of nitrogens with zero attached hydrogens (tertiary/aromatic N) is 3. The number of rotatable bonds is 2. The van der Waals surface area contributed by atoms with E-state index in [-0.39, 0.29) is 23.3 Å². The van der Waals surface area contributed by atoms with Crippen LogP contribution in [0.3, 0.4) is 0 Å². The number of carbonyl (C=O) groups is 2. The molecule has 0 atom stereocenters. The van der Waals surface area contributed by atoms with E-state index in [4.69, 9.17) is 0 Å². The van der Waals surface area contributed by atoms with E-state index in [0.29, 0.717) is 24.7 Å². The van der Waals surface area contributed by atoms with E-state index in [9.17, 15) is 19.8 Å². The van der Waals surface area contributed by atoms with Gasteiger partial charge in [0.2, 0.25) is 5.91 Å². The van der Waals surface area contributed by atoms with Gasteiger partial charge in [-0.3, -0.25) is 14.5 Å². The summed E-state index contributed by atoms with van der Waals surface area (Å²) in [5.41, 5.74) is 0.294. The van der Waals surface area contributed by atoms with E-state index in [2.05, 4.69) is 4.90 Å². The smallest absolute Gasteiger partial charge is 0.254 e. The lowest BCUT2D eigenvalue weighted by molar-refractivity contribution is -0.131. The molecular formula is C16H21N3O4. The van der Waals surface area contributed by atoms with Gasteiger partial charge in [-0.2, -0.15) is 0 Å². The maximum absolute atomic E-state index is 12.3. The number of piperazine rings is 1. The van der Waals surface area contributed by atoms with Crippen LogP contribution in [-0.4, -0.2) is 82.0 Å². The standard InChI is InChI=1S/C16H21N3O4/c1-11(20)17-2-4-18(5-3-17)13-9-19(10-13)16(23)12-6-14(21)8-15(22)7-12/h6-8,13,21-22H,2-5,9-10H2,1H3. The van der Waals surface area contributed by atoms with E-state index in [0.717, 1.165) is 26.2 Å². The molecule has 1 aromatic rings. The normalized spacial score (nSPS) is 19.5. The predicted octanol–water partition coefficient (Wildman–Crippen LogP) is 0.0863. The summed E-state index contributed by atoms with van der Waals surface area (Å²) in [6.45, 7) is 5.99. The molecule has 2 N–H and O–H groups in total. The van der Waals surface area contributed by atoms with Gasteiger partial charge in [-0.15, -0.1) is 0 Å². The number of hydrogen-bond donors (Lipinski definition) is 2. The van der Waals surface area contributed by atoms with E-state index in [1.165, 1.54) is 18.2 Å². The second kappa shape index (κ2) is 6.08. The van der Waals surface area contributed by atoms with Crippen LogP contribution < -0.4 is 0 Å². The van der Waals surface area contributed by atoms with E-state index in [1.807, 2.05) is 4.90 Å². The van der Waals surface area contributed by atoms with Crippen molar-refractivity contribution in [1.82, 2.24) is 14.7 Å². The Bertz CT molecular complexity index is 600. The topological polar surface area (TPSA) is 84.3 Å². The summed E-state index contributed by atoms with van der Waals surface area (Å²) in [5.74, 6) is -0.315. The van der Waals surface area contributed by atoms with Crippen LogP contribution in [0, 0.1) is 0 Å². The van der Waals surface area contributed by atoms with Crippen molar-refractivity contribution in [3.05, 3.63) is 23.8 Å². The summed E-state index contributed by atoms with van der Waals surface area (Å²) in [4.78, 5) is 29.5. The molecule has 0 unspecified atom stereocenters. The van der Waals surface area contributed by atoms with Gasteiger partial charge in [-0.1, -0.05) is 0 Å². The van der Waals surface area contributed by atoms with Gasteiger partial charge in [0, 0.05) is 63.9 Å². The fourth-order valence-electron chi connectivity index (χ4n) is 3.16. The molecule has 23 heavy (non-hydrogen) atoms. The quantitative estimate of drug-likeness (QED) is 0.807. The van der Waals surface area contributed by atoms with E-state index < -0.39 is 0 Å². The third-order valence-corrected chi connectivity index (χ3v) is 4.57. The van der Waals surface area contributed by atoms with Crippen LogP contribution in [0.4, 0.5) is 0 Å². The number of phenolic OH excluding ortho intramolecular Hbond substituents is 2. The first-order valence-electron chi connectivity index (χ1n) is 7.76. The van der Waals surface area contributed by atoms with Gasteiger partial charge >= 0.3 is 0 Å². The van der Waals surface area contributed by atoms with Crippen molar-refractivity contribution < 1.29 is 19.8 Å². The maximum atomic E-state index is 12.3. The summed E-state index contributed by atoms with van der Waals surface area (Å²) in [6.07, 6.45) is 0. The Morgan fingerprint density at radius 3 is 2.04 bits per heavy atom. The first-order valence-corrected chi connectivity index (χ1v) is 7.76.